The maximum atomic E-state index is 13.3. The van der Waals surface area contributed by atoms with E-state index in [0.29, 0.717) is 38.1 Å². The van der Waals surface area contributed by atoms with Crippen LogP contribution in [0.25, 0.3) is 11.1 Å². The van der Waals surface area contributed by atoms with Crippen molar-refractivity contribution < 1.29 is 24.2 Å². The van der Waals surface area contributed by atoms with Crippen molar-refractivity contribution in [2.45, 2.75) is 46.1 Å². The third-order valence-corrected chi connectivity index (χ3v) is 8.08. The summed E-state index contributed by atoms with van der Waals surface area (Å²) >= 11 is 0. The molecule has 3 aromatic carbocycles. The highest BCUT2D eigenvalue weighted by atomic mass is 16.5. The molecule has 0 radical (unpaired) electrons. The van der Waals surface area contributed by atoms with Crippen LogP contribution in [0.4, 0.5) is 5.69 Å². The van der Waals surface area contributed by atoms with E-state index in [1.54, 1.807) is 18.2 Å². The van der Waals surface area contributed by atoms with Crippen molar-refractivity contribution in [1.29, 1.82) is 0 Å². The van der Waals surface area contributed by atoms with Crippen molar-refractivity contribution in [3.8, 4) is 16.9 Å². The Kier molecular flexibility index (Phi) is 9.43. The van der Waals surface area contributed by atoms with Crippen LogP contribution in [-0.2, 0) is 22.6 Å². The van der Waals surface area contributed by atoms with Crippen molar-refractivity contribution >= 4 is 23.5 Å². The van der Waals surface area contributed by atoms with Gasteiger partial charge in [0.2, 0.25) is 5.91 Å². The fourth-order valence-electron chi connectivity index (χ4n) is 5.65. The molecule has 4 aromatic rings. The number of rotatable bonds is 11. The zero-order chi connectivity index (χ0) is 31.2. The highest BCUT2D eigenvalue weighted by molar-refractivity contribution is 5.96. The van der Waals surface area contributed by atoms with Gasteiger partial charge in [0.05, 0.1) is 19.3 Å². The van der Waals surface area contributed by atoms with Gasteiger partial charge in [0.1, 0.15) is 12.3 Å². The monoisotopic (exact) mass is 594 g/mol. The number of carbonyl (C=O) groups excluding carboxylic acids is 2. The predicted molar refractivity (Wildman–Crippen MR) is 169 cm³/mol. The highest BCUT2D eigenvalue weighted by Crippen LogP contribution is 2.36. The number of aryl methyl sites for hydroxylation is 1. The third kappa shape index (κ3) is 6.99. The van der Waals surface area contributed by atoms with Crippen LogP contribution in [0.5, 0.6) is 5.75 Å². The van der Waals surface area contributed by atoms with E-state index < -0.39 is 5.97 Å². The molecule has 0 fully saturated rings. The van der Waals surface area contributed by atoms with Gasteiger partial charge in [-0.15, -0.1) is 0 Å². The second-order valence-electron chi connectivity index (χ2n) is 11.3. The number of carboxylic acid groups (broad SMARTS) is 1. The molecule has 1 aliphatic heterocycles. The van der Waals surface area contributed by atoms with Crippen molar-refractivity contribution in [2.75, 3.05) is 31.6 Å². The Morgan fingerprint density at radius 3 is 2.66 bits per heavy atom. The Hall–Kier alpha value is -4.92. The largest absolute Gasteiger partial charge is 0.493 e. The minimum absolute atomic E-state index is 0.104. The Balaban J connectivity index is 1.24. The smallest absolute Gasteiger partial charge is 0.323 e. The van der Waals surface area contributed by atoms with Gasteiger partial charge in [-0.3, -0.25) is 19.1 Å². The summed E-state index contributed by atoms with van der Waals surface area (Å²) in [6.45, 7) is 5.39. The summed E-state index contributed by atoms with van der Waals surface area (Å²) in [4.78, 5) is 40.1. The fraction of sp³-hybridized carbons (Fsp3) is 0.314. The lowest BCUT2D eigenvalue weighted by molar-refractivity contribution is -0.137. The van der Waals surface area contributed by atoms with Gasteiger partial charge in [-0.05, 0) is 85.2 Å². The van der Waals surface area contributed by atoms with Gasteiger partial charge in [-0.1, -0.05) is 36.4 Å². The Labute approximate surface area is 257 Å². The lowest BCUT2D eigenvalue weighted by atomic mass is 9.93. The van der Waals surface area contributed by atoms with Gasteiger partial charge in [-0.25, -0.2) is 0 Å². The van der Waals surface area contributed by atoms with E-state index in [2.05, 4.69) is 24.2 Å². The van der Waals surface area contributed by atoms with Gasteiger partial charge < -0.3 is 19.6 Å². The number of likely N-dealkylation sites (N-methyl/N-ethyl adjacent to an activating group) is 1. The van der Waals surface area contributed by atoms with Gasteiger partial charge in [0.25, 0.3) is 5.91 Å². The van der Waals surface area contributed by atoms with Crippen molar-refractivity contribution in [1.82, 2.24) is 14.7 Å². The number of hydrogen-bond acceptors (Lipinski definition) is 5. The molecule has 9 nitrogen and oxygen atoms in total. The third-order valence-electron chi connectivity index (χ3n) is 8.08. The molecule has 228 valence electrons. The molecule has 2 heterocycles. The Morgan fingerprint density at radius 1 is 1.05 bits per heavy atom. The summed E-state index contributed by atoms with van der Waals surface area (Å²) in [6.07, 6.45) is 6.64. The molecular weight excluding hydrogens is 556 g/mol. The molecule has 0 atom stereocenters. The number of benzene rings is 3. The molecular formula is C35H38N4O5. The molecule has 5 rings (SSSR count). The number of anilines is 1. The van der Waals surface area contributed by atoms with Crippen LogP contribution in [0.1, 0.15) is 51.9 Å². The lowest BCUT2D eigenvalue weighted by Gasteiger charge is -2.31. The quantitative estimate of drug-likeness (QED) is 0.230. The molecule has 0 unspecified atom stereocenters. The van der Waals surface area contributed by atoms with Crippen LogP contribution < -0.4 is 9.64 Å². The number of aromatic nitrogens is 2. The van der Waals surface area contributed by atoms with Gasteiger partial charge in [-0.2, -0.15) is 5.10 Å². The highest BCUT2D eigenvalue weighted by Gasteiger charge is 2.25. The summed E-state index contributed by atoms with van der Waals surface area (Å²) in [7, 11) is 1.47. The zero-order valence-electron chi connectivity index (χ0n) is 25.5. The van der Waals surface area contributed by atoms with Gasteiger partial charge in [0.15, 0.2) is 0 Å². The maximum absolute atomic E-state index is 13.3. The van der Waals surface area contributed by atoms with Crippen LogP contribution in [0.15, 0.2) is 73.1 Å². The van der Waals surface area contributed by atoms with Crippen LogP contribution in [0, 0.1) is 13.8 Å². The summed E-state index contributed by atoms with van der Waals surface area (Å²) in [5.74, 6) is -0.434. The van der Waals surface area contributed by atoms with Crippen LogP contribution in [-0.4, -0.2) is 64.3 Å². The number of ether oxygens (including phenoxy) is 1. The molecule has 0 aliphatic carbocycles. The number of aliphatic carboxylic acids is 1. The molecule has 1 N–H and O–H groups in total. The van der Waals surface area contributed by atoms with Crippen LogP contribution in [0.3, 0.4) is 0 Å². The van der Waals surface area contributed by atoms with E-state index in [1.165, 1.54) is 17.5 Å². The van der Waals surface area contributed by atoms with Gasteiger partial charge in [0, 0.05) is 43.0 Å². The van der Waals surface area contributed by atoms with E-state index in [9.17, 15) is 14.4 Å². The summed E-state index contributed by atoms with van der Waals surface area (Å²) < 4.78 is 7.79. The fourth-order valence-corrected chi connectivity index (χ4v) is 5.65. The summed E-state index contributed by atoms with van der Waals surface area (Å²) in [6, 6.07) is 19.3. The molecule has 0 bridgehead atoms. The average molecular weight is 595 g/mol. The second-order valence-corrected chi connectivity index (χ2v) is 11.3. The first-order chi connectivity index (χ1) is 21.2. The lowest BCUT2D eigenvalue weighted by Crippen LogP contribution is -2.35. The molecule has 2 amide bonds. The molecule has 0 saturated heterocycles. The number of carbonyl (C=O) groups is 3. The first-order valence-electron chi connectivity index (χ1n) is 14.9. The normalized spacial score (nSPS) is 12.5. The van der Waals surface area contributed by atoms with Crippen LogP contribution >= 0.6 is 0 Å². The van der Waals surface area contributed by atoms with E-state index in [4.69, 9.17) is 9.84 Å². The predicted octanol–water partition coefficient (Wildman–Crippen LogP) is 5.51. The SMILES string of the molecule is Cc1cccc(OCCCC(=O)N2CCCc3c(-c4cnn(Cc5cccc(C(=O)N(C)CC(=O)O)c5)c4)cccc32)c1C. The molecule has 0 saturated carbocycles. The number of carboxylic acids is 1. The topological polar surface area (TPSA) is 105 Å². The van der Waals surface area contributed by atoms with Gasteiger partial charge >= 0.3 is 5.97 Å². The zero-order valence-corrected chi connectivity index (χ0v) is 25.5. The van der Waals surface area contributed by atoms with Crippen molar-refractivity contribution in [3.05, 3.63) is 101 Å². The van der Waals surface area contributed by atoms with E-state index in [0.717, 1.165) is 52.1 Å². The molecule has 0 spiro atoms. The van der Waals surface area contributed by atoms with E-state index in [1.807, 2.05) is 59.2 Å². The number of fused-ring (bicyclic) bond motifs is 1. The van der Waals surface area contributed by atoms with Crippen molar-refractivity contribution in [3.63, 3.8) is 0 Å². The second kappa shape index (κ2) is 13.6. The van der Waals surface area contributed by atoms with E-state index in [-0.39, 0.29) is 18.4 Å². The Bertz CT molecular complexity index is 1680. The van der Waals surface area contributed by atoms with Crippen molar-refractivity contribution in [2.24, 2.45) is 0 Å². The molecule has 9 heteroatoms. The molecule has 1 aliphatic rings. The van der Waals surface area contributed by atoms with E-state index >= 15 is 0 Å². The number of hydrogen-bond donors (Lipinski definition) is 1. The Morgan fingerprint density at radius 2 is 1.84 bits per heavy atom. The molecule has 44 heavy (non-hydrogen) atoms. The molecule has 1 aromatic heterocycles. The maximum Gasteiger partial charge on any atom is 0.323 e. The number of amides is 2. The first-order valence-corrected chi connectivity index (χ1v) is 14.9. The first kappa shape index (κ1) is 30.5. The summed E-state index contributed by atoms with van der Waals surface area (Å²) in [5.41, 5.74) is 7.75. The standard InChI is InChI=1S/C35H38N4O5/c1-24-9-4-15-32(25(24)2)44-18-8-16-33(40)39-17-7-13-30-29(12-6-14-31(30)39)28-20-36-38(22-28)21-26-10-5-11-27(19-26)35(43)37(3)23-34(41)42/h4-6,9-12,14-15,19-20,22H,7-8,13,16-18,21,23H2,1-3H3,(H,41,42). The minimum Gasteiger partial charge on any atom is -0.493 e. The summed E-state index contributed by atoms with van der Waals surface area (Å²) in [5, 5.41) is 13.6. The minimum atomic E-state index is -1.06. The number of nitrogens with zero attached hydrogens (tertiary/aromatic N) is 4. The average Bonchev–Trinajstić information content (AvgIpc) is 3.48. The van der Waals surface area contributed by atoms with Crippen LogP contribution in [0.2, 0.25) is 0 Å².